The fourth-order valence-electron chi connectivity index (χ4n) is 4.05. The van der Waals surface area contributed by atoms with Gasteiger partial charge in [0.2, 0.25) is 0 Å². The van der Waals surface area contributed by atoms with Crippen LogP contribution in [0.3, 0.4) is 0 Å². The summed E-state index contributed by atoms with van der Waals surface area (Å²) in [6, 6.07) is 21.3. The van der Waals surface area contributed by atoms with E-state index in [0.717, 1.165) is 3.57 Å². The minimum Gasteiger partial charge on any atom is -0.507 e. The molecule has 0 saturated carbocycles. The molecule has 1 atom stereocenters. The van der Waals surface area contributed by atoms with Crippen LogP contribution in [0.5, 0.6) is 11.5 Å². The summed E-state index contributed by atoms with van der Waals surface area (Å²) in [5, 5.41) is 22.8. The zero-order chi connectivity index (χ0) is 22.4. The number of fused-ring (bicyclic) bond motifs is 2. The van der Waals surface area contributed by atoms with E-state index in [9.17, 15) is 15.0 Å². The topological polar surface area (TPSA) is 79.9 Å². The summed E-state index contributed by atoms with van der Waals surface area (Å²) in [4.78, 5) is 13.1. The van der Waals surface area contributed by atoms with Crippen LogP contribution in [0.25, 0.3) is 16.7 Å². The quantitative estimate of drug-likeness (QED) is 0.244. The van der Waals surface area contributed by atoms with Gasteiger partial charge in [-0.05, 0) is 64.6 Å². The lowest BCUT2D eigenvalue weighted by atomic mass is 9.81. The van der Waals surface area contributed by atoms with Gasteiger partial charge in [-0.25, -0.2) is 4.79 Å². The Labute approximate surface area is 197 Å². The fraction of sp³-hybridized carbons (Fsp3) is 0.0385. The first kappa shape index (κ1) is 20.4. The first-order valence-corrected chi connectivity index (χ1v) is 10.9. The molecule has 1 aliphatic rings. The number of benzene rings is 3. The number of halogens is 1. The van der Waals surface area contributed by atoms with Gasteiger partial charge in [0.25, 0.3) is 0 Å². The molecule has 2 N–H and O–H groups in total. The second kappa shape index (κ2) is 7.87. The monoisotopic (exact) mass is 536 g/mol. The van der Waals surface area contributed by atoms with Crippen LogP contribution in [0.4, 0.5) is 0 Å². The van der Waals surface area contributed by atoms with Crippen LogP contribution in [0.1, 0.15) is 22.6 Å². The molecule has 0 fully saturated rings. The van der Waals surface area contributed by atoms with Crippen molar-refractivity contribution in [3.05, 3.63) is 121 Å². The van der Waals surface area contributed by atoms with E-state index in [1.54, 1.807) is 48.5 Å². The van der Waals surface area contributed by atoms with Crippen LogP contribution in [-0.4, -0.2) is 10.2 Å². The molecule has 0 radical (unpaired) electrons. The highest BCUT2D eigenvalue weighted by Gasteiger charge is 2.35. The molecule has 0 aliphatic carbocycles. The standard InChI is InChI=1S/C26H17IO5/c1-14-21(24(28)17-6-2-4-8-19(17)31-14)22(15-10-12-16(27)13-11-15)23-25(29)18-7-3-5-9-20(18)32-26(23)30/h2-13,22,28-29H,1H2. The summed E-state index contributed by atoms with van der Waals surface area (Å²) < 4.78 is 12.4. The van der Waals surface area contributed by atoms with Crippen LogP contribution in [-0.2, 0) is 0 Å². The second-order valence-electron chi connectivity index (χ2n) is 7.42. The summed E-state index contributed by atoms with van der Waals surface area (Å²) in [7, 11) is 0. The number of para-hydroxylation sites is 2. The molecule has 5 rings (SSSR count). The zero-order valence-electron chi connectivity index (χ0n) is 16.7. The van der Waals surface area contributed by atoms with E-state index in [2.05, 4.69) is 29.2 Å². The predicted octanol–water partition coefficient (Wildman–Crippen LogP) is 6.11. The van der Waals surface area contributed by atoms with Crippen molar-refractivity contribution in [1.29, 1.82) is 0 Å². The van der Waals surface area contributed by atoms with Gasteiger partial charge in [0, 0.05) is 9.14 Å². The Morgan fingerprint density at radius 3 is 2.38 bits per heavy atom. The van der Waals surface area contributed by atoms with Gasteiger partial charge in [0.15, 0.2) is 0 Å². The van der Waals surface area contributed by atoms with Crippen molar-refractivity contribution < 1.29 is 19.4 Å². The van der Waals surface area contributed by atoms with Crippen molar-refractivity contribution in [2.24, 2.45) is 0 Å². The highest BCUT2D eigenvalue weighted by molar-refractivity contribution is 14.1. The third-order valence-corrected chi connectivity index (χ3v) is 6.25. The summed E-state index contributed by atoms with van der Waals surface area (Å²) in [6.45, 7) is 4.00. The molecule has 4 aromatic rings. The van der Waals surface area contributed by atoms with Gasteiger partial charge in [0.05, 0.1) is 22.4 Å². The van der Waals surface area contributed by atoms with Gasteiger partial charge in [-0.15, -0.1) is 0 Å². The summed E-state index contributed by atoms with van der Waals surface area (Å²) >= 11 is 2.19. The smallest absolute Gasteiger partial charge is 0.344 e. The van der Waals surface area contributed by atoms with Crippen molar-refractivity contribution >= 4 is 39.3 Å². The van der Waals surface area contributed by atoms with E-state index < -0.39 is 11.5 Å². The number of ether oxygens (including phenoxy) is 1. The fourth-order valence-corrected chi connectivity index (χ4v) is 4.41. The Bertz CT molecular complexity index is 1460. The summed E-state index contributed by atoms with van der Waals surface area (Å²) in [6.07, 6.45) is 0. The lowest BCUT2D eigenvalue weighted by molar-refractivity contribution is 0.399. The molecule has 5 nitrogen and oxygen atoms in total. The van der Waals surface area contributed by atoms with E-state index >= 15 is 0 Å². The van der Waals surface area contributed by atoms with Gasteiger partial charge in [-0.1, -0.05) is 43.0 Å². The van der Waals surface area contributed by atoms with E-state index in [0.29, 0.717) is 27.8 Å². The van der Waals surface area contributed by atoms with Crippen LogP contribution >= 0.6 is 22.6 Å². The highest BCUT2D eigenvalue weighted by Crippen LogP contribution is 2.46. The largest absolute Gasteiger partial charge is 0.507 e. The lowest BCUT2D eigenvalue weighted by Gasteiger charge is -2.28. The SMILES string of the molecule is C=C1Oc2ccccc2C(O)=C1C(c1ccc(I)cc1)c1c(O)c2ccccc2oc1=O. The molecule has 158 valence electrons. The molecule has 32 heavy (non-hydrogen) atoms. The lowest BCUT2D eigenvalue weighted by Crippen LogP contribution is -2.21. The average Bonchev–Trinajstić information content (AvgIpc) is 2.78. The molecule has 6 heteroatoms. The maximum atomic E-state index is 13.1. The number of aromatic hydroxyl groups is 1. The molecule has 1 aliphatic heterocycles. The van der Waals surface area contributed by atoms with Gasteiger partial charge < -0.3 is 19.4 Å². The van der Waals surface area contributed by atoms with E-state index in [4.69, 9.17) is 9.15 Å². The third-order valence-electron chi connectivity index (χ3n) is 5.53. The maximum Gasteiger partial charge on any atom is 0.344 e. The molecule has 1 aromatic heterocycles. The Hall–Kier alpha value is -3.52. The molecule has 0 spiro atoms. The minimum absolute atomic E-state index is 0.00980. The van der Waals surface area contributed by atoms with Crippen molar-refractivity contribution in [2.75, 3.05) is 0 Å². The van der Waals surface area contributed by atoms with Crippen LogP contribution in [0.15, 0.2) is 99.9 Å². The van der Waals surface area contributed by atoms with E-state index in [1.807, 2.05) is 24.3 Å². The van der Waals surface area contributed by atoms with Crippen LogP contribution < -0.4 is 10.4 Å². The molecular formula is C26H17IO5. The number of hydrogen-bond donors (Lipinski definition) is 2. The van der Waals surface area contributed by atoms with Crippen molar-refractivity contribution in [2.45, 2.75) is 5.92 Å². The van der Waals surface area contributed by atoms with Gasteiger partial charge in [-0.2, -0.15) is 0 Å². The molecular weight excluding hydrogens is 519 g/mol. The Balaban J connectivity index is 1.85. The number of hydrogen-bond acceptors (Lipinski definition) is 5. The zero-order valence-corrected chi connectivity index (χ0v) is 18.9. The Morgan fingerprint density at radius 1 is 0.906 bits per heavy atom. The van der Waals surface area contributed by atoms with Crippen LogP contribution in [0, 0.1) is 3.57 Å². The first-order chi connectivity index (χ1) is 15.5. The highest BCUT2D eigenvalue weighted by atomic mass is 127. The molecule has 0 amide bonds. The van der Waals surface area contributed by atoms with Gasteiger partial charge >= 0.3 is 5.63 Å². The Morgan fingerprint density at radius 2 is 1.59 bits per heavy atom. The van der Waals surface area contributed by atoms with Crippen molar-refractivity contribution in [1.82, 2.24) is 0 Å². The molecule has 3 aromatic carbocycles. The summed E-state index contributed by atoms with van der Waals surface area (Å²) in [5.41, 5.74) is 1.04. The number of aliphatic hydroxyl groups excluding tert-OH is 1. The third kappa shape index (κ3) is 3.27. The number of aliphatic hydroxyl groups is 1. The molecule has 1 unspecified atom stereocenters. The molecule has 2 heterocycles. The normalized spacial score (nSPS) is 14.2. The molecule has 0 bridgehead atoms. The van der Waals surface area contributed by atoms with E-state index in [-0.39, 0.29) is 28.4 Å². The average molecular weight is 536 g/mol. The van der Waals surface area contributed by atoms with Crippen LogP contribution in [0.2, 0.25) is 0 Å². The second-order valence-corrected chi connectivity index (χ2v) is 8.66. The predicted molar refractivity (Wildman–Crippen MR) is 131 cm³/mol. The van der Waals surface area contributed by atoms with E-state index in [1.165, 1.54) is 0 Å². The minimum atomic E-state index is -0.867. The van der Waals surface area contributed by atoms with Crippen molar-refractivity contribution in [3.63, 3.8) is 0 Å². The van der Waals surface area contributed by atoms with Gasteiger partial charge in [0.1, 0.15) is 28.6 Å². The van der Waals surface area contributed by atoms with Gasteiger partial charge in [-0.3, -0.25) is 0 Å². The molecule has 0 saturated heterocycles. The number of rotatable bonds is 3. The van der Waals surface area contributed by atoms with Crippen molar-refractivity contribution in [3.8, 4) is 11.5 Å². The Kier molecular flexibility index (Phi) is 5.01. The number of allylic oxidation sites excluding steroid dienone is 1. The first-order valence-electron chi connectivity index (χ1n) is 9.85. The summed E-state index contributed by atoms with van der Waals surface area (Å²) in [5.74, 6) is -0.472. The maximum absolute atomic E-state index is 13.1.